The Balaban J connectivity index is 1.29. The summed E-state index contributed by atoms with van der Waals surface area (Å²) in [4.78, 5) is 26.0. The second-order valence-corrected chi connectivity index (χ2v) is 10.6. The molecular formula is C23H32N4O4S. The predicted octanol–water partition coefficient (Wildman–Crippen LogP) is 2.33. The molecule has 0 spiro atoms. The number of amides is 2. The summed E-state index contributed by atoms with van der Waals surface area (Å²) < 4.78 is 29.4. The third-order valence-corrected chi connectivity index (χ3v) is 8.27. The second kappa shape index (κ2) is 10.0. The molecule has 0 atom stereocenters. The van der Waals surface area contributed by atoms with Crippen molar-refractivity contribution < 1.29 is 18.0 Å². The van der Waals surface area contributed by atoms with Crippen molar-refractivity contribution in [3.05, 3.63) is 30.5 Å². The number of fused-ring (bicyclic) bond motifs is 1. The fraction of sp³-hybridized carbons (Fsp3) is 0.565. The van der Waals surface area contributed by atoms with Gasteiger partial charge in [-0.3, -0.25) is 9.59 Å². The number of nitrogens with zero attached hydrogens (tertiary/aromatic N) is 3. The lowest BCUT2D eigenvalue weighted by molar-refractivity contribution is -0.127. The van der Waals surface area contributed by atoms with Crippen LogP contribution in [0, 0.1) is 0 Å². The van der Waals surface area contributed by atoms with E-state index in [-0.39, 0.29) is 11.8 Å². The number of likely N-dealkylation sites (tertiary alicyclic amines) is 1. The minimum atomic E-state index is -3.46. The van der Waals surface area contributed by atoms with Gasteiger partial charge in [0.25, 0.3) is 0 Å². The van der Waals surface area contributed by atoms with Gasteiger partial charge in [0, 0.05) is 69.2 Å². The summed E-state index contributed by atoms with van der Waals surface area (Å²) in [6, 6.07) is 7.13. The van der Waals surface area contributed by atoms with Crippen molar-refractivity contribution in [1.29, 1.82) is 0 Å². The highest BCUT2D eigenvalue weighted by molar-refractivity contribution is 7.89. The number of nitrogens with one attached hydrogen (secondary N) is 1. The van der Waals surface area contributed by atoms with Crippen LogP contribution in [-0.4, -0.2) is 66.7 Å². The van der Waals surface area contributed by atoms with E-state index in [1.807, 2.05) is 27.8 Å². The lowest BCUT2D eigenvalue weighted by atomic mass is 10.2. The number of carbonyl (C=O) groups excluding carboxylic acids is 2. The fourth-order valence-corrected chi connectivity index (χ4v) is 6.09. The Hall–Kier alpha value is -2.39. The molecule has 3 heterocycles. The SMILES string of the molecule is O=C(CCn1ccc2cc(S(=O)(=O)N3CCCCC3)ccc21)NCCCN1CCCC1=O. The molecule has 4 rings (SSSR count). The van der Waals surface area contributed by atoms with Crippen molar-refractivity contribution in [2.75, 3.05) is 32.7 Å². The number of sulfonamides is 1. The molecule has 2 fully saturated rings. The Kier molecular flexibility index (Phi) is 7.15. The first-order chi connectivity index (χ1) is 15.4. The molecule has 0 radical (unpaired) electrons. The zero-order valence-corrected chi connectivity index (χ0v) is 19.3. The molecule has 0 bridgehead atoms. The number of piperidine rings is 1. The summed E-state index contributed by atoms with van der Waals surface area (Å²) in [5.74, 6) is 0.187. The molecular weight excluding hydrogens is 428 g/mol. The third-order valence-electron chi connectivity index (χ3n) is 6.37. The summed E-state index contributed by atoms with van der Waals surface area (Å²) >= 11 is 0. The molecule has 32 heavy (non-hydrogen) atoms. The molecule has 174 valence electrons. The standard InChI is InChI=1S/C23H32N4O4S/c28-22(24-11-5-13-26-12-4-6-23(26)29)10-17-25-16-9-19-18-20(7-8-21(19)25)32(30,31)27-14-2-1-3-15-27/h7-9,16,18H,1-6,10-15,17H2,(H,24,28). The van der Waals surface area contributed by atoms with Crippen molar-refractivity contribution in [2.45, 2.75) is 56.4 Å². The fourth-order valence-electron chi connectivity index (χ4n) is 4.54. The quantitative estimate of drug-likeness (QED) is 0.582. The molecule has 0 saturated carbocycles. The van der Waals surface area contributed by atoms with Crippen molar-refractivity contribution in [2.24, 2.45) is 0 Å². The molecule has 2 aliphatic heterocycles. The first-order valence-corrected chi connectivity index (χ1v) is 13.0. The van der Waals surface area contributed by atoms with E-state index in [0.29, 0.717) is 50.5 Å². The van der Waals surface area contributed by atoms with Crippen LogP contribution in [0.2, 0.25) is 0 Å². The van der Waals surface area contributed by atoms with Gasteiger partial charge < -0.3 is 14.8 Å². The topological polar surface area (TPSA) is 91.7 Å². The summed E-state index contributed by atoms with van der Waals surface area (Å²) in [5, 5.41) is 3.78. The summed E-state index contributed by atoms with van der Waals surface area (Å²) in [6.45, 7) is 3.79. The van der Waals surface area contributed by atoms with Gasteiger partial charge in [-0.15, -0.1) is 0 Å². The molecule has 2 aliphatic rings. The number of aromatic nitrogens is 1. The average molecular weight is 461 g/mol. The Bertz CT molecular complexity index is 1070. The summed E-state index contributed by atoms with van der Waals surface area (Å²) in [6.07, 6.45) is 7.49. The van der Waals surface area contributed by atoms with E-state index in [0.717, 1.165) is 49.6 Å². The van der Waals surface area contributed by atoms with Gasteiger partial charge in [-0.05, 0) is 49.9 Å². The van der Waals surface area contributed by atoms with Gasteiger partial charge in [0.15, 0.2) is 0 Å². The lowest BCUT2D eigenvalue weighted by Crippen LogP contribution is -2.35. The van der Waals surface area contributed by atoms with Gasteiger partial charge in [0.2, 0.25) is 21.8 Å². The van der Waals surface area contributed by atoms with E-state index in [2.05, 4.69) is 5.32 Å². The first-order valence-electron chi connectivity index (χ1n) is 11.6. The maximum Gasteiger partial charge on any atom is 0.243 e. The zero-order chi connectivity index (χ0) is 22.6. The van der Waals surface area contributed by atoms with E-state index >= 15 is 0 Å². The minimum absolute atomic E-state index is 0.0242. The maximum atomic E-state index is 12.9. The van der Waals surface area contributed by atoms with E-state index < -0.39 is 10.0 Å². The summed E-state index contributed by atoms with van der Waals surface area (Å²) in [5.41, 5.74) is 0.919. The van der Waals surface area contributed by atoms with Crippen LogP contribution in [0.1, 0.15) is 44.9 Å². The molecule has 1 N–H and O–H groups in total. The number of benzene rings is 1. The Morgan fingerprint density at radius 2 is 1.81 bits per heavy atom. The van der Waals surface area contributed by atoms with Crippen LogP contribution < -0.4 is 5.32 Å². The maximum absolute atomic E-state index is 12.9. The molecule has 2 aromatic rings. The number of carbonyl (C=O) groups is 2. The predicted molar refractivity (Wildman–Crippen MR) is 123 cm³/mol. The Labute approximate surface area is 189 Å². The van der Waals surface area contributed by atoms with Crippen LogP contribution in [0.15, 0.2) is 35.4 Å². The molecule has 1 aromatic carbocycles. The molecule has 8 nitrogen and oxygen atoms in total. The highest BCUT2D eigenvalue weighted by Crippen LogP contribution is 2.25. The van der Waals surface area contributed by atoms with Gasteiger partial charge >= 0.3 is 0 Å². The monoisotopic (exact) mass is 460 g/mol. The van der Waals surface area contributed by atoms with Crippen LogP contribution in [0.4, 0.5) is 0 Å². The van der Waals surface area contributed by atoms with Crippen LogP contribution in [-0.2, 0) is 26.2 Å². The highest BCUT2D eigenvalue weighted by atomic mass is 32.2. The van der Waals surface area contributed by atoms with Gasteiger partial charge in [0.05, 0.1) is 4.90 Å². The van der Waals surface area contributed by atoms with Crippen molar-refractivity contribution in [3.63, 3.8) is 0 Å². The molecule has 0 unspecified atom stereocenters. The van der Waals surface area contributed by atoms with Gasteiger partial charge in [-0.1, -0.05) is 6.42 Å². The Morgan fingerprint density at radius 3 is 2.56 bits per heavy atom. The van der Waals surface area contributed by atoms with Crippen molar-refractivity contribution in [1.82, 2.24) is 19.1 Å². The van der Waals surface area contributed by atoms with Crippen molar-refractivity contribution >= 4 is 32.7 Å². The zero-order valence-electron chi connectivity index (χ0n) is 18.5. The van der Waals surface area contributed by atoms with Gasteiger partial charge in [-0.25, -0.2) is 8.42 Å². The van der Waals surface area contributed by atoms with E-state index in [9.17, 15) is 18.0 Å². The Morgan fingerprint density at radius 1 is 1.00 bits per heavy atom. The van der Waals surface area contributed by atoms with Gasteiger partial charge in [0.1, 0.15) is 0 Å². The number of aryl methyl sites for hydroxylation is 1. The second-order valence-electron chi connectivity index (χ2n) is 8.63. The van der Waals surface area contributed by atoms with Crippen LogP contribution in [0.3, 0.4) is 0 Å². The van der Waals surface area contributed by atoms with E-state index in [4.69, 9.17) is 0 Å². The number of hydrogen-bond donors (Lipinski definition) is 1. The van der Waals surface area contributed by atoms with Crippen LogP contribution >= 0.6 is 0 Å². The molecule has 2 saturated heterocycles. The van der Waals surface area contributed by atoms with E-state index in [1.54, 1.807) is 16.4 Å². The first kappa shape index (κ1) is 22.8. The lowest BCUT2D eigenvalue weighted by Gasteiger charge is -2.25. The molecule has 2 amide bonds. The summed E-state index contributed by atoms with van der Waals surface area (Å²) in [7, 11) is -3.46. The molecule has 9 heteroatoms. The smallest absolute Gasteiger partial charge is 0.243 e. The molecule has 0 aliphatic carbocycles. The average Bonchev–Trinajstić information content (AvgIpc) is 3.41. The largest absolute Gasteiger partial charge is 0.356 e. The van der Waals surface area contributed by atoms with Crippen LogP contribution in [0.25, 0.3) is 10.9 Å². The molecule has 1 aromatic heterocycles. The third kappa shape index (κ3) is 5.15. The number of hydrogen-bond acceptors (Lipinski definition) is 4. The van der Waals surface area contributed by atoms with E-state index in [1.165, 1.54) is 0 Å². The van der Waals surface area contributed by atoms with Gasteiger partial charge in [-0.2, -0.15) is 4.31 Å². The van der Waals surface area contributed by atoms with Crippen LogP contribution in [0.5, 0.6) is 0 Å². The van der Waals surface area contributed by atoms with Crippen molar-refractivity contribution in [3.8, 4) is 0 Å². The highest BCUT2D eigenvalue weighted by Gasteiger charge is 2.26. The number of rotatable bonds is 9. The minimum Gasteiger partial charge on any atom is -0.356 e. The normalized spacial score (nSPS) is 17.9.